The molecule has 0 aliphatic rings. The van der Waals surface area contributed by atoms with Gasteiger partial charge < -0.3 is 14.2 Å². The highest BCUT2D eigenvalue weighted by atomic mass is 16.6. The molecule has 0 amide bonds. The molecule has 6 heteroatoms. The van der Waals surface area contributed by atoms with E-state index in [2.05, 4.69) is 154 Å². The zero-order valence-corrected chi connectivity index (χ0v) is 53.2. The maximum atomic E-state index is 12.9. The number of unbranched alkanes of at least 4 members (excludes halogenated alkanes) is 26. The highest BCUT2D eigenvalue weighted by Gasteiger charge is 2.19. The molecular formula is C76H124O6. The van der Waals surface area contributed by atoms with Crippen LogP contribution < -0.4 is 0 Å². The van der Waals surface area contributed by atoms with E-state index in [1.165, 1.54) is 135 Å². The lowest BCUT2D eigenvalue weighted by Crippen LogP contribution is -2.30. The minimum absolute atomic E-state index is 0.114. The summed E-state index contributed by atoms with van der Waals surface area (Å²) in [6.45, 7) is 6.33. The summed E-state index contributed by atoms with van der Waals surface area (Å²) < 4.78 is 16.8. The van der Waals surface area contributed by atoms with Crippen LogP contribution in [0.15, 0.2) is 146 Å². The maximum absolute atomic E-state index is 12.9. The van der Waals surface area contributed by atoms with Gasteiger partial charge in [0.05, 0.1) is 6.42 Å². The fourth-order valence-corrected chi connectivity index (χ4v) is 9.10. The van der Waals surface area contributed by atoms with Crippen LogP contribution in [0.2, 0.25) is 0 Å². The molecule has 0 radical (unpaired) electrons. The van der Waals surface area contributed by atoms with Gasteiger partial charge in [-0.3, -0.25) is 14.4 Å². The van der Waals surface area contributed by atoms with Crippen molar-refractivity contribution in [2.75, 3.05) is 13.2 Å². The van der Waals surface area contributed by atoms with Gasteiger partial charge in [0.15, 0.2) is 6.10 Å². The third-order valence-electron chi connectivity index (χ3n) is 14.1. The Morgan fingerprint density at radius 2 is 0.524 bits per heavy atom. The summed E-state index contributed by atoms with van der Waals surface area (Å²) in [4.78, 5) is 38.3. The maximum Gasteiger partial charge on any atom is 0.309 e. The Balaban J connectivity index is 4.30. The Morgan fingerprint density at radius 3 is 0.866 bits per heavy atom. The minimum Gasteiger partial charge on any atom is -0.462 e. The lowest BCUT2D eigenvalue weighted by molar-refractivity contribution is -0.166. The van der Waals surface area contributed by atoms with E-state index >= 15 is 0 Å². The van der Waals surface area contributed by atoms with Gasteiger partial charge in [0.25, 0.3) is 0 Å². The number of carbonyl (C=O) groups is 3. The van der Waals surface area contributed by atoms with Gasteiger partial charge in [-0.1, -0.05) is 301 Å². The van der Waals surface area contributed by atoms with Crippen LogP contribution in [0.3, 0.4) is 0 Å². The van der Waals surface area contributed by atoms with E-state index < -0.39 is 12.1 Å². The Kier molecular flexibility index (Phi) is 64.8. The minimum atomic E-state index is -0.828. The van der Waals surface area contributed by atoms with Crippen LogP contribution in [0.5, 0.6) is 0 Å². The summed E-state index contributed by atoms with van der Waals surface area (Å²) in [6, 6.07) is 0. The van der Waals surface area contributed by atoms with E-state index in [1.807, 2.05) is 6.08 Å². The first-order valence-corrected chi connectivity index (χ1v) is 33.8. The highest BCUT2D eigenvalue weighted by Crippen LogP contribution is 2.16. The van der Waals surface area contributed by atoms with Crippen molar-refractivity contribution in [3.05, 3.63) is 146 Å². The number of carbonyl (C=O) groups excluding carboxylic acids is 3. The van der Waals surface area contributed by atoms with E-state index in [0.29, 0.717) is 12.8 Å². The average molecular weight is 1130 g/mol. The molecule has 1 unspecified atom stereocenters. The molecule has 0 aromatic rings. The van der Waals surface area contributed by atoms with Crippen LogP contribution in [0, 0.1) is 0 Å². The molecule has 0 N–H and O–H groups in total. The van der Waals surface area contributed by atoms with Gasteiger partial charge in [0.1, 0.15) is 13.2 Å². The number of hydrogen-bond donors (Lipinski definition) is 0. The molecule has 0 aromatic heterocycles. The van der Waals surface area contributed by atoms with Gasteiger partial charge in [-0.25, -0.2) is 0 Å². The summed E-state index contributed by atoms with van der Waals surface area (Å²) in [5, 5.41) is 0. The van der Waals surface area contributed by atoms with E-state index in [9.17, 15) is 14.4 Å². The van der Waals surface area contributed by atoms with Gasteiger partial charge >= 0.3 is 17.9 Å². The van der Waals surface area contributed by atoms with Crippen LogP contribution in [0.1, 0.15) is 297 Å². The van der Waals surface area contributed by atoms with Gasteiger partial charge in [0.2, 0.25) is 0 Å². The predicted octanol–water partition coefficient (Wildman–Crippen LogP) is 23.5. The van der Waals surface area contributed by atoms with Crippen molar-refractivity contribution in [2.24, 2.45) is 0 Å². The predicted molar refractivity (Wildman–Crippen MR) is 357 cm³/mol. The third kappa shape index (κ3) is 66.1. The summed E-state index contributed by atoms with van der Waals surface area (Å²) in [6.07, 6.45) is 99.0. The van der Waals surface area contributed by atoms with E-state index in [4.69, 9.17) is 14.2 Å². The van der Waals surface area contributed by atoms with E-state index in [-0.39, 0.29) is 31.6 Å². The van der Waals surface area contributed by atoms with Crippen molar-refractivity contribution in [2.45, 2.75) is 303 Å². The molecule has 0 heterocycles. The molecule has 0 aliphatic carbocycles. The van der Waals surface area contributed by atoms with E-state index in [1.54, 1.807) is 6.08 Å². The molecule has 82 heavy (non-hydrogen) atoms. The molecule has 0 saturated carbocycles. The van der Waals surface area contributed by atoms with Crippen LogP contribution in [0.25, 0.3) is 0 Å². The molecule has 0 aromatic carbocycles. The molecule has 0 saturated heterocycles. The monoisotopic (exact) mass is 1130 g/mol. The van der Waals surface area contributed by atoms with Gasteiger partial charge in [-0.2, -0.15) is 0 Å². The summed E-state index contributed by atoms with van der Waals surface area (Å²) in [7, 11) is 0. The second-order valence-electron chi connectivity index (χ2n) is 22.0. The molecule has 0 spiro atoms. The standard InChI is InChI=1S/C76H124O6/c1-4-7-10-13-16-19-22-25-28-30-31-32-33-34-35-36-37-38-39-40-41-42-43-44-45-46-49-51-54-57-60-63-66-69-75(78)81-72-73(71-80-74(77)68-65-62-59-56-53-50-47-27-24-21-18-15-12-9-6-3)82-76(79)70-67-64-61-58-55-52-48-29-26-23-20-17-14-11-8-5-2/h7,9-10,12,16,18-19,21,25,27-29,31-32,34-35,37-38,47-48,53,56,62,65,73H,4-6,8,11,13-15,17,20,22-24,26,30,33,36,39-46,49-52,54-55,57-61,63-64,66-72H2,1-3H3/b10-7-,12-9-,19-16-,21-18-,28-25-,32-31-,35-34-,38-37-,47-27-,48-29-,56-53-,65-62-. The van der Waals surface area contributed by atoms with Crippen LogP contribution >= 0.6 is 0 Å². The Morgan fingerprint density at radius 1 is 0.268 bits per heavy atom. The van der Waals surface area contributed by atoms with E-state index in [0.717, 1.165) is 122 Å². The Labute approximate surface area is 506 Å². The second kappa shape index (κ2) is 68.8. The van der Waals surface area contributed by atoms with Crippen molar-refractivity contribution in [1.29, 1.82) is 0 Å². The summed E-state index contributed by atoms with van der Waals surface area (Å²) in [5.74, 6) is -1.05. The van der Waals surface area contributed by atoms with Crippen molar-refractivity contribution in [1.82, 2.24) is 0 Å². The first-order chi connectivity index (χ1) is 40.5. The SMILES string of the molecule is CC/C=C\C/C=C\C/C=C\C/C=C\C/C=C\C/C=C\CCCCCCCCCCCCCCCCC(=O)OCC(COC(=O)C/C=C\C/C=C\C/C=C\C/C=C\C/C=C\CC)OC(=O)CCCCCCC/C=C\CCCCCCCCC. The molecule has 1 atom stereocenters. The molecule has 0 aliphatic heterocycles. The number of rotatable bonds is 60. The van der Waals surface area contributed by atoms with Gasteiger partial charge in [-0.05, 0) is 122 Å². The molecular weight excluding hydrogens is 1010 g/mol. The summed E-state index contributed by atoms with van der Waals surface area (Å²) in [5.41, 5.74) is 0. The van der Waals surface area contributed by atoms with Crippen molar-refractivity contribution < 1.29 is 28.6 Å². The number of esters is 3. The largest absolute Gasteiger partial charge is 0.462 e. The quantitative estimate of drug-likeness (QED) is 0.0261. The number of allylic oxidation sites excluding steroid dienone is 23. The smallest absolute Gasteiger partial charge is 0.309 e. The normalized spacial score (nSPS) is 13.1. The molecule has 464 valence electrons. The van der Waals surface area contributed by atoms with Crippen LogP contribution in [-0.2, 0) is 28.6 Å². The number of ether oxygens (including phenoxy) is 3. The summed E-state index contributed by atoms with van der Waals surface area (Å²) >= 11 is 0. The Bertz CT molecular complexity index is 1780. The van der Waals surface area contributed by atoms with Crippen molar-refractivity contribution >= 4 is 17.9 Å². The molecule has 0 rings (SSSR count). The zero-order valence-electron chi connectivity index (χ0n) is 53.2. The van der Waals surface area contributed by atoms with Crippen LogP contribution in [0.4, 0.5) is 0 Å². The fourth-order valence-electron chi connectivity index (χ4n) is 9.10. The first-order valence-electron chi connectivity index (χ1n) is 33.8. The topological polar surface area (TPSA) is 78.9 Å². The van der Waals surface area contributed by atoms with Gasteiger partial charge in [0, 0.05) is 12.8 Å². The van der Waals surface area contributed by atoms with Crippen molar-refractivity contribution in [3.63, 3.8) is 0 Å². The number of hydrogen-bond acceptors (Lipinski definition) is 6. The molecule has 0 bridgehead atoms. The highest BCUT2D eigenvalue weighted by molar-refractivity contribution is 5.72. The molecule has 6 nitrogen and oxygen atoms in total. The lowest BCUT2D eigenvalue weighted by Gasteiger charge is -2.18. The molecule has 0 fully saturated rings. The average Bonchev–Trinajstić information content (AvgIpc) is 3.47. The third-order valence-corrected chi connectivity index (χ3v) is 14.1. The van der Waals surface area contributed by atoms with Gasteiger partial charge in [-0.15, -0.1) is 0 Å². The zero-order chi connectivity index (χ0) is 59.2. The fraction of sp³-hybridized carbons (Fsp3) is 0.645. The van der Waals surface area contributed by atoms with Crippen molar-refractivity contribution in [3.8, 4) is 0 Å². The lowest BCUT2D eigenvalue weighted by atomic mass is 10.0. The first kappa shape index (κ1) is 77.3. The van der Waals surface area contributed by atoms with Crippen LogP contribution in [-0.4, -0.2) is 37.2 Å². The second-order valence-corrected chi connectivity index (χ2v) is 22.0. The Hall–Kier alpha value is -4.71.